The Kier molecular flexibility index (Phi) is 5.11. The summed E-state index contributed by atoms with van der Waals surface area (Å²) in [6.07, 6.45) is 4.84. The molecule has 2 saturated heterocycles. The van der Waals surface area contributed by atoms with Gasteiger partial charge in [0, 0.05) is 24.7 Å². The molecule has 4 nitrogen and oxygen atoms in total. The quantitative estimate of drug-likeness (QED) is 0.907. The molecular formula is C18H26N2O2. The summed E-state index contributed by atoms with van der Waals surface area (Å²) in [5.74, 6) is -0.00445. The summed E-state index contributed by atoms with van der Waals surface area (Å²) in [5, 5.41) is 3.01. The minimum atomic E-state index is -0.00445. The van der Waals surface area contributed by atoms with E-state index in [0.29, 0.717) is 12.6 Å². The maximum absolute atomic E-state index is 12.2. The lowest BCUT2D eigenvalue weighted by molar-refractivity contribution is -0.0461. The predicted octanol–water partition coefficient (Wildman–Crippen LogP) is 2.23. The van der Waals surface area contributed by atoms with Crippen LogP contribution >= 0.6 is 0 Å². The van der Waals surface area contributed by atoms with E-state index in [4.69, 9.17) is 4.74 Å². The molecule has 0 spiro atoms. The number of nitrogens with one attached hydrogen (secondary N) is 1. The number of benzene rings is 1. The number of aryl methyl sites for hydroxylation is 1. The Hall–Kier alpha value is -1.39. The highest BCUT2D eigenvalue weighted by Gasteiger charge is 2.32. The molecule has 0 bridgehead atoms. The van der Waals surface area contributed by atoms with Crippen molar-refractivity contribution in [2.75, 3.05) is 26.2 Å². The molecular weight excluding hydrogens is 276 g/mol. The zero-order valence-corrected chi connectivity index (χ0v) is 13.4. The van der Waals surface area contributed by atoms with E-state index >= 15 is 0 Å². The van der Waals surface area contributed by atoms with E-state index in [0.717, 1.165) is 31.6 Å². The number of hydrogen-bond acceptors (Lipinski definition) is 3. The van der Waals surface area contributed by atoms with Crippen molar-refractivity contribution in [3.05, 3.63) is 35.4 Å². The number of morpholine rings is 1. The maximum Gasteiger partial charge on any atom is 0.251 e. The van der Waals surface area contributed by atoms with Gasteiger partial charge < -0.3 is 10.1 Å². The molecule has 0 saturated carbocycles. The van der Waals surface area contributed by atoms with E-state index in [9.17, 15) is 4.79 Å². The number of rotatable bonds is 5. The number of hydrogen-bond donors (Lipinski definition) is 1. The van der Waals surface area contributed by atoms with E-state index in [2.05, 4.69) is 17.1 Å². The Balaban J connectivity index is 1.47. The highest BCUT2D eigenvalue weighted by molar-refractivity contribution is 5.94. The van der Waals surface area contributed by atoms with Gasteiger partial charge in [0.25, 0.3) is 5.91 Å². The molecule has 4 heteroatoms. The van der Waals surface area contributed by atoms with Crippen LogP contribution in [0.5, 0.6) is 0 Å². The van der Waals surface area contributed by atoms with Crippen LogP contribution in [0, 0.1) is 0 Å². The Morgan fingerprint density at radius 1 is 1.36 bits per heavy atom. The Labute approximate surface area is 132 Å². The molecule has 1 N–H and O–H groups in total. The number of fused-ring (bicyclic) bond motifs is 1. The van der Waals surface area contributed by atoms with Gasteiger partial charge in [0.05, 0.1) is 12.7 Å². The highest BCUT2D eigenvalue weighted by atomic mass is 16.5. The molecule has 0 unspecified atom stereocenters. The van der Waals surface area contributed by atoms with Crippen LogP contribution < -0.4 is 5.32 Å². The summed E-state index contributed by atoms with van der Waals surface area (Å²) in [4.78, 5) is 14.7. The number of carbonyl (C=O) groups is 1. The standard InChI is InChI=1S/C18H26N2O2/c1-2-4-14-6-8-15(9-7-14)18(21)19-11-17-12-20-10-3-5-16(20)13-22-17/h6-9,16-17H,2-5,10-13H2,1H3,(H,19,21)/t16-,17+/m0/s1. The van der Waals surface area contributed by atoms with Gasteiger partial charge in [0.15, 0.2) is 0 Å². The van der Waals surface area contributed by atoms with Crippen LogP contribution in [0.15, 0.2) is 24.3 Å². The Morgan fingerprint density at radius 2 is 2.18 bits per heavy atom. The zero-order valence-electron chi connectivity index (χ0n) is 13.4. The first kappa shape index (κ1) is 15.5. The smallest absolute Gasteiger partial charge is 0.251 e. The van der Waals surface area contributed by atoms with E-state index in [-0.39, 0.29) is 12.0 Å². The van der Waals surface area contributed by atoms with E-state index in [1.165, 1.54) is 24.9 Å². The predicted molar refractivity (Wildman–Crippen MR) is 87.1 cm³/mol. The van der Waals surface area contributed by atoms with Gasteiger partial charge in [-0.2, -0.15) is 0 Å². The zero-order chi connectivity index (χ0) is 15.4. The second-order valence-corrected chi connectivity index (χ2v) is 6.40. The minimum absolute atomic E-state index is 0.00445. The van der Waals surface area contributed by atoms with E-state index in [1.807, 2.05) is 24.3 Å². The monoisotopic (exact) mass is 302 g/mol. The fraction of sp³-hybridized carbons (Fsp3) is 0.611. The Morgan fingerprint density at radius 3 is 2.95 bits per heavy atom. The van der Waals surface area contributed by atoms with Crippen LogP contribution in [0.2, 0.25) is 0 Å². The van der Waals surface area contributed by atoms with Crippen LogP contribution in [0.25, 0.3) is 0 Å². The van der Waals surface area contributed by atoms with Gasteiger partial charge in [0.1, 0.15) is 0 Å². The second kappa shape index (κ2) is 7.25. The average molecular weight is 302 g/mol. The van der Waals surface area contributed by atoms with Gasteiger partial charge in [-0.3, -0.25) is 9.69 Å². The maximum atomic E-state index is 12.2. The number of amides is 1. The van der Waals surface area contributed by atoms with E-state index < -0.39 is 0 Å². The third kappa shape index (κ3) is 3.68. The molecule has 2 heterocycles. The first-order chi connectivity index (χ1) is 10.8. The van der Waals surface area contributed by atoms with Crippen molar-refractivity contribution in [3.63, 3.8) is 0 Å². The van der Waals surface area contributed by atoms with Gasteiger partial charge >= 0.3 is 0 Å². The summed E-state index contributed by atoms with van der Waals surface area (Å²) in [5.41, 5.74) is 2.02. The summed E-state index contributed by atoms with van der Waals surface area (Å²) in [7, 11) is 0. The third-order valence-electron chi connectivity index (χ3n) is 4.71. The molecule has 120 valence electrons. The first-order valence-electron chi connectivity index (χ1n) is 8.49. The van der Waals surface area contributed by atoms with Crippen molar-refractivity contribution >= 4 is 5.91 Å². The first-order valence-corrected chi connectivity index (χ1v) is 8.49. The molecule has 2 atom stereocenters. The normalized spacial score (nSPS) is 25.0. The van der Waals surface area contributed by atoms with Crippen molar-refractivity contribution in [2.24, 2.45) is 0 Å². The molecule has 1 aromatic rings. The molecule has 3 rings (SSSR count). The summed E-state index contributed by atoms with van der Waals surface area (Å²) >= 11 is 0. The summed E-state index contributed by atoms with van der Waals surface area (Å²) in [6, 6.07) is 8.53. The van der Waals surface area contributed by atoms with Crippen LogP contribution in [0.4, 0.5) is 0 Å². The van der Waals surface area contributed by atoms with Crippen molar-refractivity contribution in [1.82, 2.24) is 10.2 Å². The fourth-order valence-electron chi connectivity index (χ4n) is 3.43. The highest BCUT2D eigenvalue weighted by Crippen LogP contribution is 2.22. The molecule has 0 aromatic heterocycles. The van der Waals surface area contributed by atoms with Crippen LogP contribution in [-0.2, 0) is 11.2 Å². The summed E-state index contributed by atoms with van der Waals surface area (Å²) in [6.45, 7) is 5.69. The molecule has 0 radical (unpaired) electrons. The topological polar surface area (TPSA) is 41.6 Å². The molecule has 1 amide bonds. The van der Waals surface area contributed by atoms with Crippen molar-refractivity contribution < 1.29 is 9.53 Å². The molecule has 2 fully saturated rings. The number of nitrogens with zero attached hydrogens (tertiary/aromatic N) is 1. The van der Waals surface area contributed by atoms with Crippen LogP contribution in [-0.4, -0.2) is 49.2 Å². The third-order valence-corrected chi connectivity index (χ3v) is 4.71. The number of ether oxygens (including phenoxy) is 1. The van der Waals surface area contributed by atoms with Crippen molar-refractivity contribution in [1.29, 1.82) is 0 Å². The van der Waals surface area contributed by atoms with Gasteiger partial charge in [0.2, 0.25) is 0 Å². The minimum Gasteiger partial charge on any atom is -0.373 e. The lowest BCUT2D eigenvalue weighted by Gasteiger charge is -2.35. The van der Waals surface area contributed by atoms with E-state index in [1.54, 1.807) is 0 Å². The average Bonchev–Trinajstić information content (AvgIpc) is 3.01. The van der Waals surface area contributed by atoms with Gasteiger partial charge in [-0.05, 0) is 43.5 Å². The van der Waals surface area contributed by atoms with Gasteiger partial charge in [-0.25, -0.2) is 0 Å². The molecule has 1 aromatic carbocycles. The van der Waals surface area contributed by atoms with Gasteiger partial charge in [-0.15, -0.1) is 0 Å². The molecule has 2 aliphatic rings. The SMILES string of the molecule is CCCc1ccc(C(=O)NC[C@@H]2CN3CCC[C@H]3CO2)cc1. The molecule has 0 aliphatic carbocycles. The van der Waals surface area contributed by atoms with Crippen molar-refractivity contribution in [2.45, 2.75) is 44.8 Å². The second-order valence-electron chi connectivity index (χ2n) is 6.40. The van der Waals surface area contributed by atoms with Crippen LogP contribution in [0.3, 0.4) is 0 Å². The molecule has 22 heavy (non-hydrogen) atoms. The van der Waals surface area contributed by atoms with Gasteiger partial charge in [-0.1, -0.05) is 25.5 Å². The fourth-order valence-corrected chi connectivity index (χ4v) is 3.43. The largest absolute Gasteiger partial charge is 0.373 e. The number of carbonyl (C=O) groups excluding carboxylic acids is 1. The molecule has 2 aliphatic heterocycles. The lowest BCUT2D eigenvalue weighted by atomic mass is 10.1. The van der Waals surface area contributed by atoms with Crippen LogP contribution in [0.1, 0.15) is 42.1 Å². The lowest BCUT2D eigenvalue weighted by Crippen LogP contribution is -2.50. The van der Waals surface area contributed by atoms with Crippen molar-refractivity contribution in [3.8, 4) is 0 Å². The Bertz CT molecular complexity index is 500. The summed E-state index contributed by atoms with van der Waals surface area (Å²) < 4.78 is 5.87.